The van der Waals surface area contributed by atoms with Gasteiger partial charge in [-0.05, 0) is 68.3 Å². The van der Waals surface area contributed by atoms with E-state index in [0.717, 1.165) is 42.0 Å². The number of halogens is 3. The van der Waals surface area contributed by atoms with E-state index in [9.17, 15) is 23.2 Å². The highest BCUT2D eigenvalue weighted by Crippen LogP contribution is 2.38. The Bertz CT molecular complexity index is 1400. The Kier molecular flexibility index (Phi) is 7.47. The third kappa shape index (κ3) is 5.63. The van der Waals surface area contributed by atoms with Crippen molar-refractivity contribution in [1.82, 2.24) is 19.8 Å². The van der Waals surface area contributed by atoms with E-state index in [-0.39, 0.29) is 11.7 Å². The number of aryl methyl sites for hydroxylation is 1. The molecule has 0 unspecified atom stereocenters. The maximum Gasteiger partial charge on any atom is 0.416 e. The number of alkyl halides is 3. The molecule has 0 radical (unpaired) electrons. The molecule has 0 spiro atoms. The molecule has 1 aromatic carbocycles. The quantitative estimate of drug-likeness (QED) is 0.485. The van der Waals surface area contributed by atoms with Gasteiger partial charge in [-0.1, -0.05) is 6.07 Å². The molecule has 3 aromatic rings. The van der Waals surface area contributed by atoms with Crippen LogP contribution in [-0.4, -0.2) is 59.9 Å². The lowest BCUT2D eigenvalue weighted by atomic mass is 9.81. The van der Waals surface area contributed by atoms with E-state index < -0.39 is 23.4 Å². The molecule has 1 amide bonds. The summed E-state index contributed by atoms with van der Waals surface area (Å²) in [7, 11) is 3.92. The summed E-state index contributed by atoms with van der Waals surface area (Å²) >= 11 is 0. The number of ether oxygens (including phenoxy) is 1. The minimum absolute atomic E-state index is 0.0337. The number of hydrogen-bond donors (Lipinski definition) is 1. The number of rotatable bonds is 5. The minimum atomic E-state index is -4.53. The number of alkyl carbamates (subject to hydrolysis) is 1. The van der Waals surface area contributed by atoms with Gasteiger partial charge < -0.3 is 24.4 Å². The number of benzene rings is 1. The lowest BCUT2D eigenvalue weighted by molar-refractivity contribution is -0.137. The lowest BCUT2D eigenvalue weighted by Crippen LogP contribution is -2.54. The molecular weight excluding hydrogens is 521 g/mol. The van der Waals surface area contributed by atoms with Gasteiger partial charge in [0, 0.05) is 45.6 Å². The highest BCUT2D eigenvalue weighted by atomic mass is 19.4. The molecule has 2 saturated heterocycles. The van der Waals surface area contributed by atoms with Gasteiger partial charge >= 0.3 is 12.3 Å². The molecule has 1 atom stereocenters. The molecule has 2 aromatic heterocycles. The number of piperidine rings is 1. The van der Waals surface area contributed by atoms with Gasteiger partial charge in [0.05, 0.1) is 33.7 Å². The summed E-state index contributed by atoms with van der Waals surface area (Å²) in [6.07, 6.45) is 0.142. The van der Waals surface area contributed by atoms with Gasteiger partial charge in [0.15, 0.2) is 0 Å². The van der Waals surface area contributed by atoms with E-state index in [1.165, 1.54) is 6.07 Å². The molecule has 11 heteroatoms. The number of nitriles is 1. The first-order chi connectivity index (χ1) is 19.1. The van der Waals surface area contributed by atoms with Gasteiger partial charge in [-0.2, -0.15) is 18.4 Å². The second kappa shape index (κ2) is 10.8. The van der Waals surface area contributed by atoms with Crippen molar-refractivity contribution in [3.63, 3.8) is 0 Å². The highest BCUT2D eigenvalue weighted by Gasteiger charge is 2.40. The van der Waals surface area contributed by atoms with Crippen molar-refractivity contribution in [1.29, 1.82) is 5.26 Å². The number of aromatic nitrogens is 2. The molecule has 2 aliphatic rings. The molecule has 1 N–H and O–H groups in total. The lowest BCUT2D eigenvalue weighted by Gasteiger charge is -2.43. The van der Waals surface area contributed by atoms with Crippen LogP contribution in [0.15, 0.2) is 54.9 Å². The van der Waals surface area contributed by atoms with Crippen LogP contribution < -0.4 is 10.2 Å². The average molecular weight is 553 g/mol. The molecule has 0 bridgehead atoms. The average Bonchev–Trinajstić information content (AvgIpc) is 3.55. The molecule has 4 heterocycles. The second-order valence-electron chi connectivity index (χ2n) is 10.6. The molecule has 2 fully saturated rings. The fourth-order valence-corrected chi connectivity index (χ4v) is 5.62. The largest absolute Gasteiger partial charge is 0.445 e. The van der Waals surface area contributed by atoms with Gasteiger partial charge in [-0.3, -0.25) is 4.98 Å². The highest BCUT2D eigenvalue weighted by molar-refractivity contribution is 5.69. The maximum absolute atomic E-state index is 13.2. The number of amides is 1. The fourth-order valence-electron chi connectivity index (χ4n) is 5.62. The molecule has 210 valence electrons. The smallest absolute Gasteiger partial charge is 0.416 e. The van der Waals surface area contributed by atoms with Gasteiger partial charge in [0.2, 0.25) is 0 Å². The number of nitrogens with zero attached hydrogens (tertiary/aromatic N) is 5. The molecule has 2 aliphatic heterocycles. The Morgan fingerprint density at radius 1 is 1.15 bits per heavy atom. The Hall–Kier alpha value is -4.04. The predicted molar refractivity (Wildman–Crippen MR) is 143 cm³/mol. The topological polar surface area (TPSA) is 86.4 Å². The van der Waals surface area contributed by atoms with Crippen LogP contribution in [0.5, 0.6) is 0 Å². The Morgan fingerprint density at radius 3 is 2.50 bits per heavy atom. The number of carbonyl (C=O) groups is 1. The first-order valence-electron chi connectivity index (χ1n) is 13.2. The second-order valence-corrected chi connectivity index (χ2v) is 10.6. The van der Waals surface area contributed by atoms with Crippen LogP contribution in [0.2, 0.25) is 0 Å². The third-order valence-corrected chi connectivity index (χ3v) is 7.89. The number of pyridine rings is 1. The van der Waals surface area contributed by atoms with Crippen molar-refractivity contribution in [3.05, 3.63) is 71.5 Å². The monoisotopic (exact) mass is 552 g/mol. The van der Waals surface area contributed by atoms with Gasteiger partial charge in [-0.15, -0.1) is 0 Å². The molecule has 8 nitrogen and oxygen atoms in total. The van der Waals surface area contributed by atoms with E-state index in [4.69, 9.17) is 4.74 Å². The molecule has 0 aliphatic carbocycles. The summed E-state index contributed by atoms with van der Waals surface area (Å²) in [5.41, 5.74) is 1.33. The van der Waals surface area contributed by atoms with Crippen LogP contribution in [0.25, 0.3) is 11.4 Å². The summed E-state index contributed by atoms with van der Waals surface area (Å²) in [6, 6.07) is 12.9. The Morgan fingerprint density at radius 2 is 1.93 bits per heavy atom. The van der Waals surface area contributed by atoms with E-state index in [1.54, 1.807) is 6.20 Å². The summed E-state index contributed by atoms with van der Waals surface area (Å²) in [5, 5.41) is 12.7. The molecular formula is C29H31F3N6O2. The number of hydrogen-bond acceptors (Lipinski definition) is 6. The van der Waals surface area contributed by atoms with E-state index in [0.29, 0.717) is 38.2 Å². The van der Waals surface area contributed by atoms with Gasteiger partial charge in [0.25, 0.3) is 0 Å². The van der Waals surface area contributed by atoms with Crippen molar-refractivity contribution in [2.75, 3.05) is 38.1 Å². The van der Waals surface area contributed by atoms with E-state index in [2.05, 4.69) is 15.2 Å². The van der Waals surface area contributed by atoms with Crippen LogP contribution in [0.1, 0.15) is 36.0 Å². The first-order valence-corrected chi connectivity index (χ1v) is 13.2. The van der Waals surface area contributed by atoms with Gasteiger partial charge in [-0.25, -0.2) is 4.79 Å². The van der Waals surface area contributed by atoms with E-state index in [1.807, 2.05) is 60.1 Å². The summed E-state index contributed by atoms with van der Waals surface area (Å²) in [6.45, 7) is 2.35. The van der Waals surface area contributed by atoms with Crippen LogP contribution in [0.3, 0.4) is 0 Å². The number of nitrogens with one attached hydrogen (secondary N) is 1. The number of likely N-dealkylation sites (tertiary alicyclic amines) is 1. The normalized spacial score (nSPS) is 19.3. The van der Waals surface area contributed by atoms with E-state index >= 15 is 0 Å². The SMILES string of the molecule is CN1CC[C@H](OC(=O)NC2(c3ccc(-c4cccn4C)nc3)CCN(c3ccc(C(F)(F)F)cc3C#N)CC2)C1. The number of likely N-dealkylation sites (N-methyl/N-ethyl adjacent to an activating group) is 1. The number of carbonyl (C=O) groups excluding carboxylic acids is 1. The maximum atomic E-state index is 13.2. The molecule has 0 saturated carbocycles. The van der Waals surface area contributed by atoms with Crippen molar-refractivity contribution >= 4 is 11.8 Å². The minimum Gasteiger partial charge on any atom is -0.445 e. The van der Waals surface area contributed by atoms with Crippen molar-refractivity contribution in [2.45, 2.75) is 37.1 Å². The summed E-state index contributed by atoms with van der Waals surface area (Å²) < 4.78 is 47.4. The third-order valence-electron chi connectivity index (χ3n) is 7.89. The van der Waals surface area contributed by atoms with Crippen LogP contribution in [0, 0.1) is 11.3 Å². The fraction of sp³-hybridized carbons (Fsp3) is 0.414. The Labute approximate surface area is 231 Å². The van der Waals surface area contributed by atoms with Gasteiger partial charge in [0.1, 0.15) is 12.2 Å². The number of anilines is 1. The molecule has 40 heavy (non-hydrogen) atoms. The zero-order valence-corrected chi connectivity index (χ0v) is 22.4. The zero-order valence-electron chi connectivity index (χ0n) is 22.4. The predicted octanol–water partition coefficient (Wildman–Crippen LogP) is 4.90. The van der Waals surface area contributed by atoms with Crippen LogP contribution >= 0.6 is 0 Å². The molecule has 5 rings (SSSR count). The summed E-state index contributed by atoms with van der Waals surface area (Å²) in [4.78, 5) is 21.8. The van der Waals surface area contributed by atoms with Crippen molar-refractivity contribution in [3.8, 4) is 17.5 Å². The van der Waals surface area contributed by atoms with Crippen LogP contribution in [-0.2, 0) is 23.5 Å². The van der Waals surface area contributed by atoms with Crippen molar-refractivity contribution in [2.24, 2.45) is 7.05 Å². The first kappa shape index (κ1) is 27.5. The van der Waals surface area contributed by atoms with Crippen molar-refractivity contribution < 1.29 is 22.7 Å². The zero-order chi connectivity index (χ0) is 28.5. The van der Waals surface area contributed by atoms with Crippen LogP contribution in [0.4, 0.5) is 23.7 Å². The summed E-state index contributed by atoms with van der Waals surface area (Å²) in [5.74, 6) is 0. The Balaban J connectivity index is 1.39. The standard InChI is InChI=1S/C29H31F3N6O2/c1-36-13-9-23(19-36)40-27(39)35-28(22-5-7-24(34-18-22)26-4-3-12-37(26)2)10-14-38(15-11-28)25-8-6-21(29(30,31)32)16-20(25)17-33/h3-8,12,16,18,23H,9-11,13-15,19H2,1-2H3,(H,35,39)/t23-/m0/s1.